The van der Waals surface area contributed by atoms with Gasteiger partial charge in [0.1, 0.15) is 0 Å². The van der Waals surface area contributed by atoms with E-state index in [4.69, 9.17) is 10.5 Å². The summed E-state index contributed by atoms with van der Waals surface area (Å²) in [5, 5.41) is 0. The molecule has 19 heavy (non-hydrogen) atoms. The van der Waals surface area contributed by atoms with Gasteiger partial charge in [-0.25, -0.2) is 0 Å². The van der Waals surface area contributed by atoms with Crippen LogP contribution in [0.25, 0.3) is 0 Å². The molecule has 7 heteroatoms. The number of aromatic nitrogens is 1. The second-order valence-corrected chi connectivity index (χ2v) is 6.18. The summed E-state index contributed by atoms with van der Waals surface area (Å²) in [5.41, 5.74) is 6.88. The highest BCUT2D eigenvalue weighted by Gasteiger charge is 2.40. The Balaban J connectivity index is 2.31. The standard InChI is InChI=1S/C12H15Br2N3O2/c1-19-3-2-17-10(18)5-9(15)12(17)11-8(14)4-7(13)6-16-11/h4,6,9,12H,2-3,5,15H2,1H3. The number of methoxy groups -OCH3 is 1. The van der Waals surface area contributed by atoms with Gasteiger partial charge in [0.25, 0.3) is 0 Å². The van der Waals surface area contributed by atoms with Gasteiger partial charge in [-0.15, -0.1) is 0 Å². The number of rotatable bonds is 4. The number of halogens is 2. The maximum absolute atomic E-state index is 12.0. The summed E-state index contributed by atoms with van der Waals surface area (Å²) in [6, 6.07) is 1.46. The highest BCUT2D eigenvalue weighted by atomic mass is 79.9. The van der Waals surface area contributed by atoms with Crippen LogP contribution in [0.3, 0.4) is 0 Å². The monoisotopic (exact) mass is 391 g/mol. The summed E-state index contributed by atoms with van der Waals surface area (Å²) in [4.78, 5) is 18.1. The summed E-state index contributed by atoms with van der Waals surface area (Å²) < 4.78 is 6.77. The number of nitrogens with two attached hydrogens (primary N) is 1. The molecule has 0 saturated carbocycles. The van der Waals surface area contributed by atoms with Crippen molar-refractivity contribution >= 4 is 37.8 Å². The molecule has 2 heterocycles. The van der Waals surface area contributed by atoms with Crippen LogP contribution in [0.5, 0.6) is 0 Å². The highest BCUT2D eigenvalue weighted by molar-refractivity contribution is 9.11. The van der Waals surface area contributed by atoms with E-state index in [1.165, 1.54) is 0 Å². The zero-order chi connectivity index (χ0) is 14.0. The number of hydrogen-bond donors (Lipinski definition) is 1. The summed E-state index contributed by atoms with van der Waals surface area (Å²) in [7, 11) is 1.61. The molecule has 5 nitrogen and oxygen atoms in total. The minimum Gasteiger partial charge on any atom is -0.383 e. The van der Waals surface area contributed by atoms with Crippen LogP contribution in [0.15, 0.2) is 21.2 Å². The van der Waals surface area contributed by atoms with E-state index in [-0.39, 0.29) is 18.0 Å². The van der Waals surface area contributed by atoms with Crippen LogP contribution in [0.1, 0.15) is 18.2 Å². The van der Waals surface area contributed by atoms with Gasteiger partial charge in [0.05, 0.1) is 18.3 Å². The van der Waals surface area contributed by atoms with E-state index in [2.05, 4.69) is 36.8 Å². The lowest BCUT2D eigenvalue weighted by Crippen LogP contribution is -2.36. The van der Waals surface area contributed by atoms with Gasteiger partial charge in [0, 0.05) is 41.3 Å². The summed E-state index contributed by atoms with van der Waals surface area (Å²) in [5.74, 6) is 0.0474. The van der Waals surface area contributed by atoms with Crippen LogP contribution in [-0.4, -0.2) is 42.1 Å². The average molecular weight is 393 g/mol. The third-order valence-electron chi connectivity index (χ3n) is 3.12. The molecule has 1 amide bonds. The molecule has 2 N–H and O–H groups in total. The molecule has 1 saturated heterocycles. The van der Waals surface area contributed by atoms with Crippen molar-refractivity contribution in [3.8, 4) is 0 Å². The molecule has 104 valence electrons. The quantitative estimate of drug-likeness (QED) is 0.848. The SMILES string of the molecule is COCCN1C(=O)CC(N)C1c1ncc(Br)cc1Br. The largest absolute Gasteiger partial charge is 0.383 e. The van der Waals surface area contributed by atoms with Crippen LogP contribution < -0.4 is 5.73 Å². The fourth-order valence-corrected chi connectivity index (χ4v) is 3.49. The van der Waals surface area contributed by atoms with Gasteiger partial charge in [-0.05, 0) is 37.9 Å². The number of nitrogens with zero attached hydrogens (tertiary/aromatic N) is 2. The van der Waals surface area contributed by atoms with E-state index < -0.39 is 0 Å². The maximum atomic E-state index is 12.0. The van der Waals surface area contributed by atoms with Crippen LogP contribution >= 0.6 is 31.9 Å². The lowest BCUT2D eigenvalue weighted by atomic mass is 10.1. The molecule has 0 aliphatic carbocycles. The number of pyridine rings is 1. The van der Waals surface area contributed by atoms with E-state index >= 15 is 0 Å². The van der Waals surface area contributed by atoms with Gasteiger partial charge >= 0.3 is 0 Å². The molecule has 0 spiro atoms. The Labute approximate surface area is 128 Å². The Morgan fingerprint density at radius 2 is 2.32 bits per heavy atom. The number of ether oxygens (including phenoxy) is 1. The van der Waals surface area contributed by atoms with Crippen molar-refractivity contribution < 1.29 is 9.53 Å². The molecule has 1 fully saturated rings. The minimum absolute atomic E-state index is 0.0474. The van der Waals surface area contributed by atoms with E-state index in [9.17, 15) is 4.79 Å². The van der Waals surface area contributed by atoms with Crippen molar-refractivity contribution in [3.05, 3.63) is 26.9 Å². The molecule has 0 radical (unpaired) electrons. The average Bonchev–Trinajstić information content (AvgIpc) is 2.62. The van der Waals surface area contributed by atoms with Crippen molar-refractivity contribution in [3.63, 3.8) is 0 Å². The fourth-order valence-electron chi connectivity index (χ4n) is 2.26. The molecule has 1 aliphatic rings. The molecule has 0 aromatic carbocycles. The molecular weight excluding hydrogens is 378 g/mol. The molecule has 2 atom stereocenters. The molecule has 2 rings (SSSR count). The second kappa shape index (κ2) is 6.30. The van der Waals surface area contributed by atoms with Crippen molar-refractivity contribution in [1.82, 2.24) is 9.88 Å². The van der Waals surface area contributed by atoms with Gasteiger partial charge < -0.3 is 15.4 Å². The lowest BCUT2D eigenvalue weighted by Gasteiger charge is -2.27. The first kappa shape index (κ1) is 14.9. The Morgan fingerprint density at radius 1 is 1.58 bits per heavy atom. The molecular formula is C12H15Br2N3O2. The van der Waals surface area contributed by atoms with E-state index in [0.29, 0.717) is 19.6 Å². The molecule has 2 unspecified atom stereocenters. The molecule has 0 bridgehead atoms. The van der Waals surface area contributed by atoms with Crippen LogP contribution in [0.2, 0.25) is 0 Å². The van der Waals surface area contributed by atoms with Crippen LogP contribution in [0.4, 0.5) is 0 Å². The first-order valence-electron chi connectivity index (χ1n) is 5.89. The minimum atomic E-state index is -0.241. The number of amides is 1. The van der Waals surface area contributed by atoms with Gasteiger partial charge in [-0.3, -0.25) is 9.78 Å². The number of carbonyl (C=O) groups excluding carboxylic acids is 1. The van der Waals surface area contributed by atoms with Crippen LogP contribution in [-0.2, 0) is 9.53 Å². The van der Waals surface area contributed by atoms with Crippen molar-refractivity contribution in [1.29, 1.82) is 0 Å². The van der Waals surface area contributed by atoms with Gasteiger partial charge in [-0.1, -0.05) is 0 Å². The van der Waals surface area contributed by atoms with Crippen molar-refractivity contribution in [2.45, 2.75) is 18.5 Å². The Bertz CT molecular complexity index is 484. The van der Waals surface area contributed by atoms with Gasteiger partial charge in [0.15, 0.2) is 0 Å². The van der Waals surface area contributed by atoms with Gasteiger partial charge in [-0.2, -0.15) is 0 Å². The maximum Gasteiger partial charge on any atom is 0.224 e. The molecule has 1 aromatic heterocycles. The predicted octanol–water partition coefficient (Wildman–Crippen LogP) is 1.85. The Hall–Kier alpha value is -0.500. The van der Waals surface area contributed by atoms with Crippen molar-refractivity contribution in [2.24, 2.45) is 5.73 Å². The smallest absolute Gasteiger partial charge is 0.224 e. The summed E-state index contributed by atoms with van der Waals surface area (Å²) >= 11 is 6.85. The van der Waals surface area contributed by atoms with Crippen molar-refractivity contribution in [2.75, 3.05) is 20.3 Å². The number of likely N-dealkylation sites (tertiary alicyclic amines) is 1. The molecule has 1 aliphatic heterocycles. The fraction of sp³-hybridized carbons (Fsp3) is 0.500. The topological polar surface area (TPSA) is 68.5 Å². The zero-order valence-corrected chi connectivity index (χ0v) is 13.6. The lowest BCUT2D eigenvalue weighted by molar-refractivity contribution is -0.129. The zero-order valence-electron chi connectivity index (χ0n) is 10.5. The van der Waals surface area contributed by atoms with Crippen LogP contribution in [0, 0.1) is 0 Å². The number of hydrogen-bond acceptors (Lipinski definition) is 4. The van der Waals surface area contributed by atoms with E-state index in [1.807, 2.05) is 6.07 Å². The predicted molar refractivity (Wildman–Crippen MR) is 78.6 cm³/mol. The normalized spacial score (nSPS) is 23.2. The van der Waals surface area contributed by atoms with Gasteiger partial charge in [0.2, 0.25) is 5.91 Å². The number of carbonyl (C=O) groups is 1. The third-order valence-corrected chi connectivity index (χ3v) is 4.19. The second-order valence-electron chi connectivity index (χ2n) is 4.41. The van der Waals surface area contributed by atoms with E-state index in [1.54, 1.807) is 18.2 Å². The summed E-state index contributed by atoms with van der Waals surface area (Å²) in [6.45, 7) is 1.01. The molecule has 1 aromatic rings. The Kier molecular flexibility index (Phi) is 4.94. The highest BCUT2D eigenvalue weighted by Crippen LogP contribution is 2.35. The third kappa shape index (κ3) is 3.16. The summed E-state index contributed by atoms with van der Waals surface area (Å²) in [6.07, 6.45) is 2.06. The Morgan fingerprint density at radius 3 is 2.95 bits per heavy atom. The first-order valence-corrected chi connectivity index (χ1v) is 7.48. The van der Waals surface area contributed by atoms with E-state index in [0.717, 1.165) is 14.6 Å². The first-order chi connectivity index (χ1) is 9.04.